The van der Waals surface area contributed by atoms with E-state index >= 15 is 0 Å². The van der Waals surface area contributed by atoms with Crippen LogP contribution in [0.2, 0.25) is 0 Å². The number of hydrogen-bond acceptors (Lipinski definition) is 3. The summed E-state index contributed by atoms with van der Waals surface area (Å²) in [7, 11) is 0. The van der Waals surface area contributed by atoms with Crippen LogP contribution >= 0.6 is 0 Å². The summed E-state index contributed by atoms with van der Waals surface area (Å²) in [5.41, 5.74) is 0. The first-order valence-corrected chi connectivity index (χ1v) is 5.95. The van der Waals surface area contributed by atoms with Crippen molar-refractivity contribution in [3.63, 3.8) is 0 Å². The van der Waals surface area contributed by atoms with Crippen LogP contribution in [-0.2, 0) is 4.79 Å². The van der Waals surface area contributed by atoms with Crippen LogP contribution in [0.5, 0.6) is 5.75 Å². The molecule has 0 bridgehead atoms. The van der Waals surface area contributed by atoms with Crippen LogP contribution in [0.3, 0.4) is 0 Å². The van der Waals surface area contributed by atoms with Gasteiger partial charge >= 0.3 is 0 Å². The van der Waals surface area contributed by atoms with Crippen molar-refractivity contribution < 1.29 is 9.53 Å². The predicted molar refractivity (Wildman–Crippen MR) is 66.0 cm³/mol. The van der Waals surface area contributed by atoms with Crippen LogP contribution in [0.25, 0.3) is 0 Å². The molecule has 1 aliphatic heterocycles. The minimum Gasteiger partial charge on any atom is -0.484 e. The zero-order valence-electron chi connectivity index (χ0n) is 10.1. The second-order valence-corrected chi connectivity index (χ2v) is 4.24. The molecule has 1 N–H and O–H groups in total. The van der Waals surface area contributed by atoms with Gasteiger partial charge in [-0.05, 0) is 19.1 Å². The second kappa shape index (κ2) is 5.68. The number of hydrogen-bond donors (Lipinski definition) is 1. The molecule has 1 saturated heterocycles. The van der Waals surface area contributed by atoms with Crippen molar-refractivity contribution in [2.75, 3.05) is 26.2 Å². The van der Waals surface area contributed by atoms with Gasteiger partial charge in [-0.1, -0.05) is 18.2 Å². The molecule has 1 heterocycles. The highest BCUT2D eigenvalue weighted by Gasteiger charge is 2.22. The van der Waals surface area contributed by atoms with Crippen LogP contribution in [0.1, 0.15) is 6.92 Å². The lowest BCUT2D eigenvalue weighted by Gasteiger charge is -2.33. The Morgan fingerprint density at radius 1 is 1.47 bits per heavy atom. The molecular weight excluding hydrogens is 216 g/mol. The van der Waals surface area contributed by atoms with Gasteiger partial charge in [0, 0.05) is 25.7 Å². The van der Waals surface area contributed by atoms with Gasteiger partial charge in [0.05, 0.1) is 0 Å². The van der Waals surface area contributed by atoms with Crippen molar-refractivity contribution in [3.8, 4) is 5.75 Å². The molecule has 92 valence electrons. The monoisotopic (exact) mass is 234 g/mol. The number of piperazine rings is 1. The number of para-hydroxylation sites is 1. The molecule has 1 aliphatic rings. The van der Waals surface area contributed by atoms with E-state index in [1.54, 1.807) is 0 Å². The number of amides is 1. The lowest BCUT2D eigenvalue weighted by Crippen LogP contribution is -2.53. The molecule has 2 rings (SSSR count). The molecule has 1 fully saturated rings. The molecule has 0 aliphatic carbocycles. The summed E-state index contributed by atoms with van der Waals surface area (Å²) in [6.45, 7) is 4.65. The van der Waals surface area contributed by atoms with Crippen molar-refractivity contribution in [3.05, 3.63) is 30.3 Å². The van der Waals surface area contributed by atoms with Crippen LogP contribution in [0.15, 0.2) is 30.3 Å². The molecule has 4 heteroatoms. The number of carbonyl (C=O) groups is 1. The smallest absolute Gasteiger partial charge is 0.260 e. The van der Waals surface area contributed by atoms with Gasteiger partial charge in [-0.2, -0.15) is 0 Å². The number of ether oxygens (including phenoxy) is 1. The van der Waals surface area contributed by atoms with Crippen LogP contribution < -0.4 is 10.1 Å². The maximum Gasteiger partial charge on any atom is 0.260 e. The summed E-state index contributed by atoms with van der Waals surface area (Å²) < 4.78 is 5.46. The van der Waals surface area contributed by atoms with Gasteiger partial charge in [0.15, 0.2) is 6.61 Å². The van der Waals surface area contributed by atoms with E-state index in [2.05, 4.69) is 5.32 Å². The molecule has 0 spiro atoms. The Morgan fingerprint density at radius 2 is 2.24 bits per heavy atom. The lowest BCUT2D eigenvalue weighted by atomic mass is 10.2. The van der Waals surface area contributed by atoms with Crippen LogP contribution in [0, 0.1) is 0 Å². The van der Waals surface area contributed by atoms with Crippen LogP contribution in [0.4, 0.5) is 0 Å². The minimum absolute atomic E-state index is 0.0582. The molecule has 1 atom stereocenters. The molecule has 0 unspecified atom stereocenters. The first-order chi connectivity index (χ1) is 8.27. The summed E-state index contributed by atoms with van der Waals surface area (Å²) in [5, 5.41) is 3.26. The Balaban J connectivity index is 1.84. The fourth-order valence-corrected chi connectivity index (χ4v) is 1.96. The average molecular weight is 234 g/mol. The van der Waals surface area contributed by atoms with Crippen molar-refractivity contribution in [2.24, 2.45) is 0 Å². The Labute approximate surface area is 102 Å². The van der Waals surface area contributed by atoms with Crippen molar-refractivity contribution in [1.82, 2.24) is 10.2 Å². The Hall–Kier alpha value is -1.55. The van der Waals surface area contributed by atoms with E-state index in [4.69, 9.17) is 4.74 Å². The van der Waals surface area contributed by atoms with Crippen molar-refractivity contribution >= 4 is 5.91 Å². The van der Waals surface area contributed by atoms with Crippen molar-refractivity contribution in [1.29, 1.82) is 0 Å². The third-order valence-corrected chi connectivity index (χ3v) is 2.93. The molecule has 0 saturated carbocycles. The van der Waals surface area contributed by atoms with E-state index in [0.29, 0.717) is 0 Å². The van der Waals surface area contributed by atoms with Gasteiger partial charge < -0.3 is 15.0 Å². The van der Waals surface area contributed by atoms with Crippen molar-refractivity contribution in [2.45, 2.75) is 13.0 Å². The first-order valence-electron chi connectivity index (χ1n) is 5.95. The molecule has 17 heavy (non-hydrogen) atoms. The molecule has 1 amide bonds. The summed E-state index contributed by atoms with van der Waals surface area (Å²) in [4.78, 5) is 13.8. The minimum atomic E-state index is 0.0582. The number of rotatable bonds is 3. The van der Waals surface area contributed by atoms with E-state index < -0.39 is 0 Å². The normalized spacial score (nSPS) is 20.1. The maximum absolute atomic E-state index is 12.0. The molecule has 0 aromatic heterocycles. The summed E-state index contributed by atoms with van der Waals surface area (Å²) in [6, 6.07) is 9.67. The summed E-state index contributed by atoms with van der Waals surface area (Å²) >= 11 is 0. The van der Waals surface area contributed by atoms with E-state index in [9.17, 15) is 4.79 Å². The zero-order valence-corrected chi connectivity index (χ0v) is 10.1. The van der Waals surface area contributed by atoms with E-state index in [-0.39, 0.29) is 18.6 Å². The maximum atomic E-state index is 12.0. The topological polar surface area (TPSA) is 41.6 Å². The average Bonchev–Trinajstić information content (AvgIpc) is 2.38. The Kier molecular flexibility index (Phi) is 3.98. The second-order valence-electron chi connectivity index (χ2n) is 4.24. The lowest BCUT2D eigenvalue weighted by molar-refractivity contribution is -0.136. The highest BCUT2D eigenvalue weighted by atomic mass is 16.5. The van der Waals surface area contributed by atoms with E-state index in [0.717, 1.165) is 25.4 Å². The van der Waals surface area contributed by atoms with E-state index in [1.165, 1.54) is 0 Å². The SMILES string of the molecule is C[C@H]1CNCCN1C(=O)COc1ccccc1. The quantitative estimate of drug-likeness (QED) is 0.844. The van der Waals surface area contributed by atoms with Gasteiger partial charge in [0.1, 0.15) is 5.75 Å². The van der Waals surface area contributed by atoms with Gasteiger partial charge in [-0.3, -0.25) is 4.79 Å². The fourth-order valence-electron chi connectivity index (χ4n) is 1.96. The fraction of sp³-hybridized carbons (Fsp3) is 0.462. The molecule has 1 aromatic rings. The molecule has 1 aromatic carbocycles. The zero-order chi connectivity index (χ0) is 12.1. The van der Waals surface area contributed by atoms with Crippen LogP contribution in [-0.4, -0.2) is 43.1 Å². The van der Waals surface area contributed by atoms with Gasteiger partial charge in [-0.25, -0.2) is 0 Å². The number of nitrogens with zero attached hydrogens (tertiary/aromatic N) is 1. The number of nitrogens with one attached hydrogen (secondary N) is 1. The Bertz CT molecular complexity index is 367. The molecule has 0 radical (unpaired) electrons. The third kappa shape index (κ3) is 3.20. The van der Waals surface area contributed by atoms with E-state index in [1.807, 2.05) is 42.2 Å². The Morgan fingerprint density at radius 3 is 2.94 bits per heavy atom. The largest absolute Gasteiger partial charge is 0.484 e. The predicted octanol–water partition coefficient (Wildman–Crippen LogP) is 0.886. The number of benzene rings is 1. The molecule has 4 nitrogen and oxygen atoms in total. The number of carbonyl (C=O) groups excluding carboxylic acids is 1. The third-order valence-electron chi connectivity index (χ3n) is 2.93. The van der Waals surface area contributed by atoms with Gasteiger partial charge in [-0.15, -0.1) is 0 Å². The molecular formula is C13H18N2O2. The highest BCUT2D eigenvalue weighted by Crippen LogP contribution is 2.09. The van der Waals surface area contributed by atoms with Gasteiger partial charge in [0.25, 0.3) is 5.91 Å². The summed E-state index contributed by atoms with van der Waals surface area (Å²) in [5.74, 6) is 0.798. The highest BCUT2D eigenvalue weighted by molar-refractivity contribution is 5.78. The first kappa shape index (κ1) is 11.9. The summed E-state index contributed by atoms with van der Waals surface area (Å²) in [6.07, 6.45) is 0. The van der Waals surface area contributed by atoms with Gasteiger partial charge in [0.2, 0.25) is 0 Å². The standard InChI is InChI=1S/C13H18N2O2/c1-11-9-14-7-8-15(11)13(16)10-17-12-5-3-2-4-6-12/h2-6,11,14H,7-10H2,1H3/t11-/m0/s1.